The normalized spacial score (nSPS) is 14.2. The third kappa shape index (κ3) is 5.15. The summed E-state index contributed by atoms with van der Waals surface area (Å²) >= 11 is 7.70. The van der Waals surface area contributed by atoms with Gasteiger partial charge in [0.15, 0.2) is 11.5 Å². The zero-order chi connectivity index (χ0) is 22.8. The Morgan fingerprint density at radius 2 is 1.85 bits per heavy atom. The van der Waals surface area contributed by atoms with Gasteiger partial charge in [-0.3, -0.25) is 9.59 Å². The maximum absolute atomic E-state index is 13.5. The number of fused-ring (bicyclic) bond motifs is 1. The predicted octanol–water partition coefficient (Wildman–Crippen LogP) is 4.96. The van der Waals surface area contributed by atoms with Crippen LogP contribution < -0.4 is 9.47 Å². The van der Waals surface area contributed by atoms with E-state index in [0.717, 1.165) is 23.3 Å². The highest BCUT2D eigenvalue weighted by atomic mass is 35.5. The fourth-order valence-corrected chi connectivity index (χ4v) is 4.78. The minimum atomic E-state index is -0.160. The van der Waals surface area contributed by atoms with Gasteiger partial charge in [0.05, 0.1) is 6.54 Å². The van der Waals surface area contributed by atoms with Gasteiger partial charge >= 0.3 is 0 Å². The Morgan fingerprint density at radius 1 is 1.00 bits per heavy atom. The first-order valence-electron chi connectivity index (χ1n) is 10.8. The van der Waals surface area contributed by atoms with Crippen LogP contribution in [0.2, 0.25) is 5.02 Å². The van der Waals surface area contributed by atoms with Crippen molar-refractivity contribution < 1.29 is 19.1 Å². The predicted molar refractivity (Wildman–Crippen MR) is 127 cm³/mol. The number of rotatable bonds is 8. The lowest BCUT2D eigenvalue weighted by Crippen LogP contribution is -2.43. The SMILES string of the molecule is O=C(CN(C(=O)c1cccc(Cl)c1)C1CC1)N(Cc1ccc2c(c1)OCO2)Cc1cccs1. The van der Waals surface area contributed by atoms with Crippen LogP contribution in [0.15, 0.2) is 60.0 Å². The summed E-state index contributed by atoms with van der Waals surface area (Å²) in [7, 11) is 0. The van der Waals surface area contributed by atoms with E-state index in [1.807, 2.05) is 35.7 Å². The van der Waals surface area contributed by atoms with Gasteiger partial charge in [0.25, 0.3) is 5.91 Å². The number of hydrogen-bond acceptors (Lipinski definition) is 5. The van der Waals surface area contributed by atoms with Crippen LogP contribution in [0.25, 0.3) is 0 Å². The van der Waals surface area contributed by atoms with Crippen LogP contribution in [-0.4, -0.2) is 41.0 Å². The summed E-state index contributed by atoms with van der Waals surface area (Å²) in [6, 6.07) is 16.7. The number of benzene rings is 2. The number of nitrogens with zero attached hydrogens (tertiary/aromatic N) is 2. The first-order chi connectivity index (χ1) is 16.1. The quantitative estimate of drug-likeness (QED) is 0.455. The molecular weight excluding hydrogens is 460 g/mol. The molecule has 1 aliphatic carbocycles. The molecule has 170 valence electrons. The van der Waals surface area contributed by atoms with E-state index in [0.29, 0.717) is 35.2 Å². The van der Waals surface area contributed by atoms with Crippen molar-refractivity contribution in [2.75, 3.05) is 13.3 Å². The van der Waals surface area contributed by atoms with Crippen LogP contribution in [-0.2, 0) is 17.9 Å². The summed E-state index contributed by atoms with van der Waals surface area (Å²) in [4.78, 5) is 31.3. The first kappa shape index (κ1) is 21.8. The third-order valence-corrected chi connectivity index (χ3v) is 6.81. The molecule has 0 saturated heterocycles. The maximum atomic E-state index is 13.5. The molecule has 2 aliphatic rings. The lowest BCUT2D eigenvalue weighted by molar-refractivity contribution is -0.133. The molecule has 2 aromatic carbocycles. The van der Waals surface area contributed by atoms with E-state index >= 15 is 0 Å². The van der Waals surface area contributed by atoms with Crippen LogP contribution >= 0.6 is 22.9 Å². The molecule has 1 aromatic heterocycles. The van der Waals surface area contributed by atoms with Crippen molar-refractivity contribution in [3.8, 4) is 11.5 Å². The third-order valence-electron chi connectivity index (χ3n) is 5.72. The van der Waals surface area contributed by atoms with Crippen molar-refractivity contribution in [1.29, 1.82) is 0 Å². The Hall–Kier alpha value is -3.03. The van der Waals surface area contributed by atoms with Gasteiger partial charge in [-0.25, -0.2) is 0 Å². The minimum absolute atomic E-state index is 0.0337. The van der Waals surface area contributed by atoms with Crippen molar-refractivity contribution in [3.05, 3.63) is 81.0 Å². The number of carbonyl (C=O) groups is 2. The molecule has 0 spiro atoms. The topological polar surface area (TPSA) is 59.1 Å². The summed E-state index contributed by atoms with van der Waals surface area (Å²) in [6.45, 7) is 1.14. The molecule has 0 radical (unpaired) electrons. The molecule has 3 aromatic rings. The molecule has 0 atom stereocenters. The van der Waals surface area contributed by atoms with E-state index in [1.165, 1.54) is 0 Å². The van der Waals surface area contributed by atoms with Crippen molar-refractivity contribution in [2.24, 2.45) is 0 Å². The minimum Gasteiger partial charge on any atom is -0.454 e. The molecular formula is C25H23ClN2O4S. The standard InChI is InChI=1S/C25H23ClN2O4S/c26-19-4-1-3-18(12-19)25(30)28(20-7-8-20)15-24(29)27(14-21-5-2-10-33-21)13-17-6-9-22-23(11-17)32-16-31-22/h1-6,9-12,20H,7-8,13-16H2. The molecule has 1 aliphatic heterocycles. The van der Waals surface area contributed by atoms with Crippen LogP contribution in [0.5, 0.6) is 11.5 Å². The molecule has 0 N–H and O–H groups in total. The molecule has 33 heavy (non-hydrogen) atoms. The molecule has 1 saturated carbocycles. The lowest BCUT2D eigenvalue weighted by Gasteiger charge is -2.28. The van der Waals surface area contributed by atoms with Crippen LogP contribution in [0.1, 0.15) is 33.6 Å². The molecule has 0 unspecified atom stereocenters. The second kappa shape index (κ2) is 9.45. The molecule has 5 rings (SSSR count). The maximum Gasteiger partial charge on any atom is 0.254 e. The number of hydrogen-bond donors (Lipinski definition) is 0. The van der Waals surface area contributed by atoms with Gasteiger partial charge in [-0.15, -0.1) is 11.3 Å². The highest BCUT2D eigenvalue weighted by molar-refractivity contribution is 7.09. The number of carbonyl (C=O) groups excluding carboxylic acids is 2. The molecule has 8 heteroatoms. The largest absolute Gasteiger partial charge is 0.454 e. The summed E-state index contributed by atoms with van der Waals surface area (Å²) < 4.78 is 10.9. The highest BCUT2D eigenvalue weighted by Crippen LogP contribution is 2.33. The Labute approximate surface area is 201 Å². The van der Waals surface area contributed by atoms with Crippen LogP contribution in [0.3, 0.4) is 0 Å². The monoisotopic (exact) mass is 482 g/mol. The van der Waals surface area contributed by atoms with Gasteiger partial charge in [-0.05, 0) is 60.2 Å². The van der Waals surface area contributed by atoms with Gasteiger partial charge in [-0.2, -0.15) is 0 Å². The Bertz CT molecular complexity index is 1160. The van der Waals surface area contributed by atoms with Gasteiger partial charge in [0.1, 0.15) is 6.54 Å². The molecule has 6 nitrogen and oxygen atoms in total. The molecule has 2 amide bonds. The van der Waals surface area contributed by atoms with E-state index in [9.17, 15) is 9.59 Å². The highest BCUT2D eigenvalue weighted by Gasteiger charge is 2.35. The van der Waals surface area contributed by atoms with Gasteiger partial charge in [0, 0.05) is 28.0 Å². The molecule has 0 bridgehead atoms. The summed E-state index contributed by atoms with van der Waals surface area (Å²) in [5.41, 5.74) is 1.45. The molecule has 1 fully saturated rings. The summed E-state index contributed by atoms with van der Waals surface area (Å²) in [5.74, 6) is 1.14. The number of thiophene rings is 1. The van der Waals surface area contributed by atoms with Crippen LogP contribution in [0, 0.1) is 0 Å². The Morgan fingerprint density at radius 3 is 2.61 bits per heavy atom. The van der Waals surface area contributed by atoms with E-state index in [-0.39, 0.29) is 31.2 Å². The lowest BCUT2D eigenvalue weighted by atomic mass is 10.1. The average Bonchev–Trinajstić information content (AvgIpc) is 3.31. The van der Waals surface area contributed by atoms with Crippen molar-refractivity contribution in [3.63, 3.8) is 0 Å². The number of amides is 2. The van der Waals surface area contributed by atoms with E-state index in [4.69, 9.17) is 21.1 Å². The summed E-state index contributed by atoms with van der Waals surface area (Å²) in [6.07, 6.45) is 1.82. The van der Waals surface area contributed by atoms with E-state index in [2.05, 4.69) is 0 Å². The Kier molecular flexibility index (Phi) is 6.24. The van der Waals surface area contributed by atoms with Gasteiger partial charge in [0.2, 0.25) is 12.7 Å². The zero-order valence-corrected chi connectivity index (χ0v) is 19.5. The fraction of sp³-hybridized carbons (Fsp3) is 0.280. The van der Waals surface area contributed by atoms with Gasteiger partial charge in [-0.1, -0.05) is 29.8 Å². The van der Waals surface area contributed by atoms with Crippen molar-refractivity contribution in [1.82, 2.24) is 9.80 Å². The van der Waals surface area contributed by atoms with Crippen molar-refractivity contribution in [2.45, 2.75) is 32.0 Å². The first-order valence-corrected chi connectivity index (χ1v) is 12.1. The van der Waals surface area contributed by atoms with Crippen molar-refractivity contribution >= 4 is 34.8 Å². The van der Waals surface area contributed by atoms with E-state index < -0.39 is 0 Å². The summed E-state index contributed by atoms with van der Waals surface area (Å²) in [5, 5.41) is 2.50. The number of ether oxygens (including phenoxy) is 2. The smallest absolute Gasteiger partial charge is 0.254 e. The average molecular weight is 483 g/mol. The Balaban J connectivity index is 1.35. The second-order valence-electron chi connectivity index (χ2n) is 8.19. The van der Waals surface area contributed by atoms with Crippen LogP contribution in [0.4, 0.5) is 0 Å². The zero-order valence-electron chi connectivity index (χ0n) is 17.9. The fourth-order valence-electron chi connectivity index (χ4n) is 3.87. The van der Waals surface area contributed by atoms with E-state index in [1.54, 1.807) is 45.4 Å². The molecule has 2 heterocycles. The number of halogens is 1. The second-order valence-corrected chi connectivity index (χ2v) is 9.66. The van der Waals surface area contributed by atoms with Gasteiger partial charge < -0.3 is 19.3 Å².